The number of thioether (sulfide) groups is 1. The van der Waals surface area contributed by atoms with E-state index in [1.54, 1.807) is 11.3 Å². The second-order valence-electron chi connectivity index (χ2n) is 6.75. The maximum absolute atomic E-state index is 11.8. The minimum atomic E-state index is -0.504. The third-order valence-electron chi connectivity index (χ3n) is 3.95. The molecule has 0 saturated heterocycles. The first-order valence-electron chi connectivity index (χ1n) is 8.59. The summed E-state index contributed by atoms with van der Waals surface area (Å²) in [6, 6.07) is 1.60. The van der Waals surface area contributed by atoms with Crippen LogP contribution >= 0.6 is 23.1 Å². The highest BCUT2D eigenvalue weighted by molar-refractivity contribution is 7.99. The molecular formula is C17H22N4O3S2. The highest BCUT2D eigenvalue weighted by atomic mass is 32.2. The number of hydrogen-bond donors (Lipinski definition) is 2. The number of aryl methyl sites for hydroxylation is 1. The van der Waals surface area contributed by atoms with E-state index in [-0.39, 0.29) is 11.8 Å². The van der Waals surface area contributed by atoms with Gasteiger partial charge < -0.3 is 9.73 Å². The van der Waals surface area contributed by atoms with Crippen LogP contribution < -0.4 is 10.6 Å². The molecule has 1 atom stereocenters. The molecule has 26 heavy (non-hydrogen) atoms. The van der Waals surface area contributed by atoms with Gasteiger partial charge in [-0.25, -0.2) is 4.79 Å². The molecule has 0 bridgehead atoms. The molecule has 7 nitrogen and oxygen atoms in total. The van der Waals surface area contributed by atoms with Crippen LogP contribution in [0.1, 0.15) is 37.6 Å². The molecule has 0 aliphatic heterocycles. The first-order chi connectivity index (χ1) is 12.4. The summed E-state index contributed by atoms with van der Waals surface area (Å²) in [5.74, 6) is 0.821. The van der Waals surface area contributed by atoms with Crippen LogP contribution in [0.2, 0.25) is 0 Å². The molecule has 0 saturated carbocycles. The number of carbonyl (C=O) groups is 2. The van der Waals surface area contributed by atoms with Crippen LogP contribution in [0, 0.1) is 5.92 Å². The van der Waals surface area contributed by atoms with Crippen molar-refractivity contribution in [1.82, 2.24) is 20.8 Å². The van der Waals surface area contributed by atoms with Gasteiger partial charge in [-0.1, -0.05) is 18.7 Å². The smallest absolute Gasteiger partial charge is 0.321 e. The lowest BCUT2D eigenvalue weighted by Gasteiger charge is -2.16. The van der Waals surface area contributed by atoms with Gasteiger partial charge in [0.05, 0.1) is 10.6 Å². The van der Waals surface area contributed by atoms with Crippen LogP contribution in [-0.2, 0) is 17.6 Å². The van der Waals surface area contributed by atoms with E-state index in [4.69, 9.17) is 4.42 Å². The number of imide groups is 1. The molecule has 0 aromatic carbocycles. The Hall–Kier alpha value is -1.87. The molecule has 9 heteroatoms. The zero-order valence-corrected chi connectivity index (χ0v) is 16.6. The van der Waals surface area contributed by atoms with Crippen molar-refractivity contribution in [2.45, 2.75) is 51.3 Å². The highest BCUT2D eigenvalue weighted by Gasteiger charge is 2.21. The lowest BCUT2D eigenvalue weighted by atomic mass is 9.90. The lowest BCUT2D eigenvalue weighted by Crippen LogP contribution is -2.43. The fourth-order valence-electron chi connectivity index (χ4n) is 2.77. The zero-order valence-electron chi connectivity index (χ0n) is 15.0. The summed E-state index contributed by atoms with van der Waals surface area (Å²) in [4.78, 5) is 25.6. The van der Waals surface area contributed by atoms with Crippen molar-refractivity contribution in [3.05, 3.63) is 16.5 Å². The monoisotopic (exact) mass is 394 g/mol. The molecule has 1 aliphatic rings. The third kappa shape index (κ3) is 4.85. The maximum atomic E-state index is 11.8. The largest absolute Gasteiger partial charge is 0.410 e. The molecule has 1 aliphatic carbocycles. The molecular weight excluding hydrogens is 372 g/mol. The summed E-state index contributed by atoms with van der Waals surface area (Å²) in [6.45, 7) is 5.91. The molecule has 2 aromatic heterocycles. The van der Waals surface area contributed by atoms with Gasteiger partial charge in [-0.2, -0.15) is 0 Å². The standard InChI is InChI=1S/C17H22N4O3S2/c1-9(2)18-16(23)19-14(22)8-25-17-21-20-15(24-17)13-7-11-6-10(3)4-5-12(11)26-13/h7,9-10H,4-6,8H2,1-3H3,(H2,18,19,22,23)/t10-/m0/s1. The van der Waals surface area contributed by atoms with Crippen molar-refractivity contribution in [1.29, 1.82) is 0 Å². The van der Waals surface area contributed by atoms with Gasteiger partial charge in [0, 0.05) is 10.9 Å². The molecule has 3 rings (SSSR count). The zero-order chi connectivity index (χ0) is 18.7. The summed E-state index contributed by atoms with van der Waals surface area (Å²) in [7, 11) is 0. The van der Waals surface area contributed by atoms with Gasteiger partial charge in [0.25, 0.3) is 11.1 Å². The number of amides is 3. The second-order valence-corrected chi connectivity index (χ2v) is 8.81. The van der Waals surface area contributed by atoms with Gasteiger partial charge in [0.2, 0.25) is 5.91 Å². The predicted molar refractivity (Wildman–Crippen MR) is 101 cm³/mol. The molecule has 0 unspecified atom stereocenters. The summed E-state index contributed by atoms with van der Waals surface area (Å²) in [5, 5.41) is 13.2. The molecule has 0 radical (unpaired) electrons. The first-order valence-corrected chi connectivity index (χ1v) is 10.4. The normalized spacial score (nSPS) is 16.4. The predicted octanol–water partition coefficient (Wildman–Crippen LogP) is 3.25. The van der Waals surface area contributed by atoms with E-state index in [0.29, 0.717) is 17.0 Å². The SMILES string of the molecule is CC(C)NC(=O)NC(=O)CSc1nnc(-c2cc3c(s2)CC[C@H](C)C3)o1. The van der Waals surface area contributed by atoms with Gasteiger partial charge in [0.15, 0.2) is 0 Å². The van der Waals surface area contributed by atoms with Crippen molar-refractivity contribution in [3.8, 4) is 10.8 Å². The van der Waals surface area contributed by atoms with E-state index in [2.05, 4.69) is 33.8 Å². The van der Waals surface area contributed by atoms with E-state index in [1.165, 1.54) is 16.9 Å². The van der Waals surface area contributed by atoms with Crippen molar-refractivity contribution in [3.63, 3.8) is 0 Å². The Kier molecular flexibility index (Phi) is 5.98. The Morgan fingerprint density at radius 1 is 1.42 bits per heavy atom. The van der Waals surface area contributed by atoms with Crippen molar-refractivity contribution in [2.75, 3.05) is 5.75 Å². The van der Waals surface area contributed by atoms with E-state index < -0.39 is 11.9 Å². The molecule has 2 N–H and O–H groups in total. The van der Waals surface area contributed by atoms with E-state index in [1.807, 2.05) is 13.8 Å². The molecule has 0 spiro atoms. The Morgan fingerprint density at radius 2 is 2.23 bits per heavy atom. The van der Waals surface area contributed by atoms with E-state index in [0.717, 1.165) is 29.5 Å². The van der Waals surface area contributed by atoms with Crippen molar-refractivity contribution < 1.29 is 14.0 Å². The number of thiophene rings is 1. The minimum Gasteiger partial charge on any atom is -0.410 e. The fourth-order valence-corrected chi connectivity index (χ4v) is 4.46. The molecule has 2 heterocycles. The summed E-state index contributed by atoms with van der Waals surface area (Å²) < 4.78 is 5.66. The van der Waals surface area contributed by atoms with Crippen LogP contribution in [0.25, 0.3) is 10.8 Å². The van der Waals surface area contributed by atoms with E-state index >= 15 is 0 Å². The number of urea groups is 1. The molecule has 2 aromatic rings. The summed E-state index contributed by atoms with van der Waals surface area (Å²) >= 11 is 2.82. The minimum absolute atomic E-state index is 0.0333. The Balaban J connectivity index is 1.55. The summed E-state index contributed by atoms with van der Waals surface area (Å²) in [5.41, 5.74) is 1.38. The molecule has 0 fully saturated rings. The Morgan fingerprint density at radius 3 is 3.00 bits per heavy atom. The quantitative estimate of drug-likeness (QED) is 0.756. The number of aromatic nitrogens is 2. The van der Waals surface area contributed by atoms with Crippen molar-refractivity contribution >= 4 is 35.0 Å². The van der Waals surface area contributed by atoms with Crippen LogP contribution in [0.4, 0.5) is 4.79 Å². The van der Waals surface area contributed by atoms with Gasteiger partial charge in [0.1, 0.15) is 0 Å². The fraction of sp³-hybridized carbons (Fsp3) is 0.529. The van der Waals surface area contributed by atoms with Gasteiger partial charge >= 0.3 is 6.03 Å². The molecule has 3 amide bonds. The first kappa shape index (κ1) is 18.9. The topological polar surface area (TPSA) is 97.1 Å². The number of nitrogens with zero attached hydrogens (tertiary/aromatic N) is 2. The van der Waals surface area contributed by atoms with Gasteiger partial charge in [-0.15, -0.1) is 21.5 Å². The number of fused-ring (bicyclic) bond motifs is 1. The third-order valence-corrected chi connectivity index (χ3v) is 5.99. The van der Waals surface area contributed by atoms with E-state index in [9.17, 15) is 9.59 Å². The van der Waals surface area contributed by atoms with Gasteiger partial charge in [-0.05, 0) is 50.7 Å². The molecule has 140 valence electrons. The second kappa shape index (κ2) is 8.22. The van der Waals surface area contributed by atoms with Crippen LogP contribution in [-0.4, -0.2) is 33.9 Å². The van der Waals surface area contributed by atoms with Crippen LogP contribution in [0.5, 0.6) is 0 Å². The van der Waals surface area contributed by atoms with Crippen LogP contribution in [0.3, 0.4) is 0 Å². The average Bonchev–Trinajstić information content (AvgIpc) is 3.17. The summed E-state index contributed by atoms with van der Waals surface area (Å²) in [6.07, 6.45) is 3.42. The maximum Gasteiger partial charge on any atom is 0.321 e. The van der Waals surface area contributed by atoms with Gasteiger partial charge in [-0.3, -0.25) is 10.1 Å². The number of carbonyl (C=O) groups excluding carboxylic acids is 2. The van der Waals surface area contributed by atoms with Crippen molar-refractivity contribution in [2.24, 2.45) is 5.92 Å². The number of nitrogens with one attached hydrogen (secondary N) is 2. The highest BCUT2D eigenvalue weighted by Crippen LogP contribution is 2.37. The Labute approximate surface area is 160 Å². The lowest BCUT2D eigenvalue weighted by molar-refractivity contribution is -0.117. The average molecular weight is 395 g/mol. The number of rotatable bonds is 5. The van der Waals surface area contributed by atoms with Crippen LogP contribution in [0.15, 0.2) is 15.7 Å². The Bertz CT molecular complexity index is 800. The number of hydrogen-bond acceptors (Lipinski definition) is 7.